The van der Waals surface area contributed by atoms with Gasteiger partial charge in [-0.1, -0.05) is 0 Å². The SMILES string of the molecule is [B]C1(C(=O)O)CCN(C(=O)OC(C)(C)C)CC1. The van der Waals surface area contributed by atoms with Crippen LogP contribution < -0.4 is 0 Å². The van der Waals surface area contributed by atoms with Crippen LogP contribution in [-0.2, 0) is 9.53 Å². The van der Waals surface area contributed by atoms with Crippen molar-refractivity contribution < 1.29 is 19.4 Å². The number of carboxylic acid groups (broad SMARTS) is 1. The lowest BCUT2D eigenvalue weighted by Crippen LogP contribution is -2.45. The first kappa shape index (κ1) is 13.9. The van der Waals surface area contributed by atoms with Crippen LogP contribution in [0.3, 0.4) is 0 Å². The molecular weight excluding hydrogens is 221 g/mol. The number of ether oxygens (including phenoxy) is 1. The molecule has 0 saturated carbocycles. The first-order chi connectivity index (χ1) is 7.64. The van der Waals surface area contributed by atoms with Crippen molar-refractivity contribution >= 4 is 19.9 Å². The van der Waals surface area contributed by atoms with Crippen molar-refractivity contribution in [3.63, 3.8) is 0 Å². The number of hydrogen-bond acceptors (Lipinski definition) is 3. The molecule has 0 aliphatic carbocycles. The first-order valence-electron chi connectivity index (χ1n) is 5.64. The fraction of sp³-hybridized carbons (Fsp3) is 0.818. The Morgan fingerprint density at radius 2 is 1.76 bits per heavy atom. The normalized spacial score (nSPS) is 19.8. The molecule has 1 amide bonds. The molecule has 0 unspecified atom stereocenters. The lowest BCUT2D eigenvalue weighted by atomic mass is 9.63. The molecule has 2 radical (unpaired) electrons. The number of aliphatic carboxylic acids is 1. The minimum Gasteiger partial charge on any atom is -0.481 e. The van der Waals surface area contributed by atoms with Crippen LogP contribution in [0.15, 0.2) is 0 Å². The summed E-state index contributed by atoms with van der Waals surface area (Å²) in [6.45, 7) is 6.01. The zero-order valence-electron chi connectivity index (χ0n) is 10.5. The van der Waals surface area contributed by atoms with E-state index in [9.17, 15) is 9.59 Å². The van der Waals surface area contributed by atoms with Gasteiger partial charge in [-0.3, -0.25) is 4.79 Å². The second kappa shape index (κ2) is 4.59. The molecule has 1 saturated heterocycles. The van der Waals surface area contributed by atoms with Crippen LogP contribution >= 0.6 is 0 Å². The summed E-state index contributed by atoms with van der Waals surface area (Å²) < 4.78 is 5.20. The lowest BCUT2D eigenvalue weighted by molar-refractivity contribution is -0.142. The molecule has 94 valence electrons. The van der Waals surface area contributed by atoms with Crippen LogP contribution in [0.2, 0.25) is 5.31 Å². The summed E-state index contributed by atoms with van der Waals surface area (Å²) in [5, 5.41) is 7.74. The summed E-state index contributed by atoms with van der Waals surface area (Å²) in [7, 11) is 5.71. The molecule has 0 atom stereocenters. The van der Waals surface area contributed by atoms with Gasteiger partial charge >= 0.3 is 12.1 Å². The van der Waals surface area contributed by atoms with Crippen molar-refractivity contribution in [1.29, 1.82) is 0 Å². The summed E-state index contributed by atoms with van der Waals surface area (Å²) in [6.07, 6.45) is 0.0910. The third-order valence-corrected chi connectivity index (χ3v) is 2.73. The maximum Gasteiger partial charge on any atom is 0.410 e. The standard InChI is InChI=1S/C11H18BNO4/c1-10(2,3)17-9(16)13-6-4-11(12,5-7-13)8(14)15/h4-7H2,1-3H3,(H,14,15). The molecule has 1 aliphatic heterocycles. The van der Waals surface area contributed by atoms with Gasteiger partial charge in [0.25, 0.3) is 0 Å². The number of amides is 1. The predicted molar refractivity (Wildman–Crippen MR) is 63.1 cm³/mol. The minimum absolute atomic E-state index is 0.252. The number of piperidine rings is 1. The molecule has 1 heterocycles. The van der Waals surface area contributed by atoms with Gasteiger partial charge in [-0.25, -0.2) is 4.79 Å². The van der Waals surface area contributed by atoms with E-state index in [2.05, 4.69) is 0 Å². The van der Waals surface area contributed by atoms with Crippen LogP contribution in [0, 0.1) is 0 Å². The zero-order chi connectivity index (χ0) is 13.3. The van der Waals surface area contributed by atoms with Crippen molar-refractivity contribution in [2.24, 2.45) is 0 Å². The van der Waals surface area contributed by atoms with Gasteiger partial charge in [0.15, 0.2) is 0 Å². The highest BCUT2D eigenvalue weighted by molar-refractivity contribution is 6.26. The van der Waals surface area contributed by atoms with Gasteiger partial charge in [0.2, 0.25) is 0 Å². The van der Waals surface area contributed by atoms with Gasteiger partial charge in [-0.15, -0.1) is 0 Å². The Balaban J connectivity index is 2.53. The van der Waals surface area contributed by atoms with Crippen LogP contribution in [0.25, 0.3) is 0 Å². The third kappa shape index (κ3) is 3.65. The van der Waals surface area contributed by atoms with Crippen LogP contribution in [0.4, 0.5) is 4.79 Å². The fourth-order valence-corrected chi connectivity index (χ4v) is 1.63. The average Bonchev–Trinajstić information content (AvgIpc) is 2.15. The largest absolute Gasteiger partial charge is 0.481 e. The van der Waals surface area contributed by atoms with Crippen molar-refractivity contribution in [3.8, 4) is 0 Å². The molecule has 17 heavy (non-hydrogen) atoms. The lowest BCUT2D eigenvalue weighted by Gasteiger charge is -2.37. The summed E-state index contributed by atoms with van der Waals surface area (Å²) in [6, 6.07) is 0. The highest BCUT2D eigenvalue weighted by Crippen LogP contribution is 2.35. The highest BCUT2D eigenvalue weighted by Gasteiger charge is 2.38. The van der Waals surface area contributed by atoms with E-state index < -0.39 is 23.0 Å². The average molecular weight is 239 g/mol. The van der Waals surface area contributed by atoms with E-state index in [1.807, 2.05) is 0 Å². The molecule has 0 aromatic heterocycles. The number of rotatable bonds is 1. The number of carbonyl (C=O) groups is 2. The van der Waals surface area contributed by atoms with Crippen molar-refractivity contribution in [2.75, 3.05) is 13.1 Å². The van der Waals surface area contributed by atoms with Crippen molar-refractivity contribution in [2.45, 2.75) is 44.5 Å². The van der Waals surface area contributed by atoms with E-state index in [1.165, 1.54) is 4.90 Å². The zero-order valence-corrected chi connectivity index (χ0v) is 10.5. The molecule has 0 aromatic carbocycles. The smallest absolute Gasteiger partial charge is 0.410 e. The Hall–Kier alpha value is -1.20. The topological polar surface area (TPSA) is 66.8 Å². The Morgan fingerprint density at radius 3 is 2.12 bits per heavy atom. The van der Waals surface area contributed by atoms with E-state index in [0.717, 1.165) is 0 Å². The van der Waals surface area contributed by atoms with E-state index >= 15 is 0 Å². The van der Waals surface area contributed by atoms with Gasteiger partial charge in [-0.2, -0.15) is 0 Å². The number of carboxylic acids is 1. The quantitative estimate of drug-likeness (QED) is 0.703. The fourth-order valence-electron chi connectivity index (χ4n) is 1.63. The summed E-state index contributed by atoms with van der Waals surface area (Å²) in [5.74, 6) is -1.01. The van der Waals surface area contributed by atoms with Crippen molar-refractivity contribution in [1.82, 2.24) is 4.90 Å². The maximum absolute atomic E-state index is 11.7. The van der Waals surface area contributed by atoms with Gasteiger partial charge in [0, 0.05) is 18.4 Å². The minimum atomic E-state index is -1.21. The molecule has 6 heteroatoms. The molecule has 1 fully saturated rings. The molecule has 1 aliphatic rings. The van der Waals surface area contributed by atoms with Crippen LogP contribution in [-0.4, -0.2) is 48.6 Å². The molecule has 5 nitrogen and oxygen atoms in total. The third-order valence-electron chi connectivity index (χ3n) is 2.73. The van der Waals surface area contributed by atoms with Crippen LogP contribution in [0.5, 0.6) is 0 Å². The number of carbonyl (C=O) groups excluding carboxylic acids is 1. The molecule has 0 aromatic rings. The molecule has 1 rings (SSSR count). The summed E-state index contributed by atoms with van der Waals surface area (Å²) >= 11 is 0. The van der Waals surface area contributed by atoms with E-state index in [4.69, 9.17) is 17.7 Å². The van der Waals surface area contributed by atoms with Crippen LogP contribution in [0.1, 0.15) is 33.6 Å². The summed E-state index contributed by atoms with van der Waals surface area (Å²) in [5.41, 5.74) is -0.541. The second-order valence-corrected chi connectivity index (χ2v) is 5.43. The highest BCUT2D eigenvalue weighted by atomic mass is 16.6. The van der Waals surface area contributed by atoms with Gasteiger partial charge in [-0.05, 0) is 33.6 Å². The first-order valence-corrected chi connectivity index (χ1v) is 5.64. The Labute approximate surface area is 103 Å². The predicted octanol–water partition coefficient (Wildman–Crippen LogP) is 1.43. The Bertz CT molecular complexity index is 316. The van der Waals surface area contributed by atoms with Crippen molar-refractivity contribution in [3.05, 3.63) is 0 Å². The molecular formula is C11H18BNO4. The van der Waals surface area contributed by atoms with E-state index in [1.54, 1.807) is 20.8 Å². The molecule has 0 bridgehead atoms. The number of nitrogens with zero attached hydrogens (tertiary/aromatic N) is 1. The Kier molecular flexibility index (Phi) is 3.74. The van der Waals surface area contributed by atoms with E-state index in [-0.39, 0.29) is 12.8 Å². The van der Waals surface area contributed by atoms with E-state index in [0.29, 0.717) is 13.1 Å². The number of hydrogen-bond donors (Lipinski definition) is 1. The molecule has 0 spiro atoms. The van der Waals surface area contributed by atoms with Gasteiger partial charge < -0.3 is 14.7 Å². The number of likely N-dealkylation sites (tertiary alicyclic amines) is 1. The van der Waals surface area contributed by atoms with Gasteiger partial charge in [0.1, 0.15) is 5.60 Å². The maximum atomic E-state index is 11.7. The summed E-state index contributed by atoms with van der Waals surface area (Å²) in [4.78, 5) is 24.1. The van der Waals surface area contributed by atoms with Gasteiger partial charge in [0.05, 0.1) is 7.85 Å². The second-order valence-electron chi connectivity index (χ2n) is 5.43. The monoisotopic (exact) mass is 239 g/mol. The Morgan fingerprint density at radius 1 is 1.29 bits per heavy atom. The molecule has 1 N–H and O–H groups in total.